The van der Waals surface area contributed by atoms with Gasteiger partial charge in [-0.2, -0.15) is 0 Å². The third-order valence-corrected chi connectivity index (χ3v) is 2.92. The fourth-order valence-electron chi connectivity index (χ4n) is 1.97. The molecule has 0 spiro atoms. The van der Waals surface area contributed by atoms with Crippen LogP contribution in [0.3, 0.4) is 0 Å². The molecule has 0 aliphatic rings. The van der Waals surface area contributed by atoms with Gasteiger partial charge in [0, 0.05) is 12.0 Å². The number of ether oxygens (including phenoxy) is 1. The third kappa shape index (κ3) is 4.09. The molecule has 2 nitrogen and oxygen atoms in total. The van der Waals surface area contributed by atoms with E-state index in [0.29, 0.717) is 18.6 Å². The predicted molar refractivity (Wildman–Crippen MR) is 81.2 cm³/mol. The lowest BCUT2D eigenvalue weighted by atomic mass is 10.0. The molecule has 0 fully saturated rings. The second kappa shape index (κ2) is 7.29. The van der Waals surface area contributed by atoms with E-state index in [2.05, 4.69) is 0 Å². The van der Waals surface area contributed by atoms with Crippen LogP contribution < -0.4 is 0 Å². The molecule has 0 N–H and O–H groups in total. The lowest BCUT2D eigenvalue weighted by Crippen LogP contribution is -2.09. The zero-order valence-corrected chi connectivity index (χ0v) is 11.6. The van der Waals surface area contributed by atoms with Gasteiger partial charge in [-0.05, 0) is 24.1 Å². The van der Waals surface area contributed by atoms with Gasteiger partial charge in [0.1, 0.15) is 0 Å². The minimum Gasteiger partial charge on any atom is -0.463 e. The molecule has 2 aromatic carbocycles. The van der Waals surface area contributed by atoms with Crippen molar-refractivity contribution in [2.45, 2.75) is 13.3 Å². The lowest BCUT2D eigenvalue weighted by Gasteiger charge is -2.07. The third-order valence-electron chi connectivity index (χ3n) is 2.92. The number of carbonyl (C=O) groups is 1. The molecule has 2 heteroatoms. The van der Waals surface area contributed by atoms with Crippen LogP contribution in [0.25, 0.3) is 6.08 Å². The number of benzene rings is 2. The number of hydrogen-bond acceptors (Lipinski definition) is 2. The highest BCUT2D eigenvalue weighted by molar-refractivity contribution is 5.94. The quantitative estimate of drug-likeness (QED) is 0.606. The molecular weight excluding hydrogens is 248 g/mol. The van der Waals surface area contributed by atoms with Crippen LogP contribution in [0.5, 0.6) is 0 Å². The van der Waals surface area contributed by atoms with E-state index < -0.39 is 0 Å². The van der Waals surface area contributed by atoms with Gasteiger partial charge in [0.2, 0.25) is 0 Å². The summed E-state index contributed by atoms with van der Waals surface area (Å²) >= 11 is 0. The van der Waals surface area contributed by atoms with Crippen LogP contribution in [-0.2, 0) is 16.0 Å². The van der Waals surface area contributed by atoms with Crippen molar-refractivity contribution in [1.29, 1.82) is 0 Å². The average molecular weight is 266 g/mol. The zero-order chi connectivity index (χ0) is 14.2. The first kappa shape index (κ1) is 14.1. The summed E-state index contributed by atoms with van der Waals surface area (Å²) in [7, 11) is 0. The minimum atomic E-state index is -0.250. The van der Waals surface area contributed by atoms with Crippen LogP contribution in [0.4, 0.5) is 0 Å². The molecule has 2 rings (SSSR count). The van der Waals surface area contributed by atoms with Gasteiger partial charge in [0.15, 0.2) is 0 Å². The molecule has 0 amide bonds. The van der Waals surface area contributed by atoms with Crippen molar-refractivity contribution < 1.29 is 9.53 Å². The molecule has 0 radical (unpaired) electrons. The molecule has 0 aromatic heterocycles. The smallest absolute Gasteiger partial charge is 0.334 e. The largest absolute Gasteiger partial charge is 0.463 e. The Morgan fingerprint density at radius 1 is 1.00 bits per heavy atom. The van der Waals surface area contributed by atoms with Gasteiger partial charge >= 0.3 is 5.97 Å². The second-order valence-electron chi connectivity index (χ2n) is 4.46. The highest BCUT2D eigenvalue weighted by Gasteiger charge is 2.11. The summed E-state index contributed by atoms with van der Waals surface area (Å²) in [5.74, 6) is -0.250. The Morgan fingerprint density at radius 2 is 1.60 bits per heavy atom. The maximum Gasteiger partial charge on any atom is 0.334 e. The molecule has 102 valence electrons. The van der Waals surface area contributed by atoms with Gasteiger partial charge in [-0.1, -0.05) is 60.7 Å². The maximum atomic E-state index is 12.1. The van der Waals surface area contributed by atoms with E-state index in [1.54, 1.807) is 0 Å². The summed E-state index contributed by atoms with van der Waals surface area (Å²) in [6, 6.07) is 19.8. The van der Waals surface area contributed by atoms with Crippen LogP contribution in [0, 0.1) is 0 Å². The SMILES string of the molecule is CCOC(=O)C(=Cc1ccccc1)Cc1ccccc1. The molecule has 0 aliphatic carbocycles. The van der Waals surface area contributed by atoms with Gasteiger partial charge in [-0.15, -0.1) is 0 Å². The van der Waals surface area contributed by atoms with Crippen LogP contribution in [0.15, 0.2) is 66.2 Å². The summed E-state index contributed by atoms with van der Waals surface area (Å²) in [5.41, 5.74) is 2.78. The normalized spacial score (nSPS) is 11.2. The Morgan fingerprint density at radius 3 is 2.20 bits per heavy atom. The standard InChI is InChI=1S/C18H18O2/c1-2-20-18(19)17(13-15-9-5-3-6-10-15)14-16-11-7-4-8-12-16/h3-13H,2,14H2,1H3. The number of rotatable bonds is 5. The number of esters is 1. The minimum absolute atomic E-state index is 0.250. The molecule has 0 aliphatic heterocycles. The Hall–Kier alpha value is -2.35. The average Bonchev–Trinajstić information content (AvgIpc) is 2.49. The van der Waals surface area contributed by atoms with Crippen molar-refractivity contribution in [3.05, 3.63) is 77.4 Å². The van der Waals surface area contributed by atoms with E-state index >= 15 is 0 Å². The van der Waals surface area contributed by atoms with Crippen molar-refractivity contribution in [1.82, 2.24) is 0 Å². The Kier molecular flexibility index (Phi) is 5.13. The Labute approximate surface area is 119 Å². The Balaban J connectivity index is 2.25. The van der Waals surface area contributed by atoms with Crippen LogP contribution >= 0.6 is 0 Å². The fourth-order valence-corrected chi connectivity index (χ4v) is 1.97. The monoisotopic (exact) mass is 266 g/mol. The van der Waals surface area contributed by atoms with Crippen LogP contribution in [0.2, 0.25) is 0 Å². The highest BCUT2D eigenvalue weighted by atomic mass is 16.5. The molecule has 0 unspecified atom stereocenters. The Bertz CT molecular complexity index is 571. The fraction of sp³-hybridized carbons (Fsp3) is 0.167. The van der Waals surface area contributed by atoms with Crippen molar-refractivity contribution >= 4 is 12.0 Å². The van der Waals surface area contributed by atoms with Crippen LogP contribution in [-0.4, -0.2) is 12.6 Å². The molecule has 0 saturated heterocycles. The summed E-state index contributed by atoms with van der Waals surface area (Å²) < 4.78 is 5.14. The molecular formula is C18H18O2. The first-order valence-electron chi connectivity index (χ1n) is 6.76. The first-order chi connectivity index (χ1) is 9.79. The van der Waals surface area contributed by atoms with Gasteiger partial charge in [-0.3, -0.25) is 0 Å². The van der Waals surface area contributed by atoms with E-state index in [4.69, 9.17) is 4.74 Å². The van der Waals surface area contributed by atoms with Crippen molar-refractivity contribution in [2.75, 3.05) is 6.61 Å². The summed E-state index contributed by atoms with van der Waals surface area (Å²) in [5, 5.41) is 0. The van der Waals surface area contributed by atoms with E-state index in [0.717, 1.165) is 11.1 Å². The van der Waals surface area contributed by atoms with Gasteiger partial charge in [0.05, 0.1) is 6.61 Å². The molecule has 0 bridgehead atoms. The first-order valence-corrected chi connectivity index (χ1v) is 6.76. The molecule has 0 saturated carbocycles. The molecule has 0 heterocycles. The molecule has 2 aromatic rings. The van der Waals surface area contributed by atoms with Crippen LogP contribution in [0.1, 0.15) is 18.1 Å². The van der Waals surface area contributed by atoms with Crippen molar-refractivity contribution in [3.8, 4) is 0 Å². The summed E-state index contributed by atoms with van der Waals surface area (Å²) in [6.45, 7) is 2.21. The van der Waals surface area contributed by atoms with E-state index in [1.807, 2.05) is 73.7 Å². The lowest BCUT2D eigenvalue weighted by molar-refractivity contribution is -0.138. The topological polar surface area (TPSA) is 26.3 Å². The van der Waals surface area contributed by atoms with E-state index in [-0.39, 0.29) is 5.97 Å². The van der Waals surface area contributed by atoms with Gasteiger partial charge in [-0.25, -0.2) is 4.79 Å². The maximum absolute atomic E-state index is 12.1. The van der Waals surface area contributed by atoms with E-state index in [1.165, 1.54) is 0 Å². The van der Waals surface area contributed by atoms with Crippen molar-refractivity contribution in [2.24, 2.45) is 0 Å². The second-order valence-corrected chi connectivity index (χ2v) is 4.46. The highest BCUT2D eigenvalue weighted by Crippen LogP contribution is 2.14. The summed E-state index contributed by atoms with van der Waals surface area (Å²) in [6.07, 6.45) is 2.47. The van der Waals surface area contributed by atoms with Gasteiger partial charge in [0.25, 0.3) is 0 Å². The molecule has 20 heavy (non-hydrogen) atoms. The number of hydrogen-bond donors (Lipinski definition) is 0. The summed E-state index contributed by atoms with van der Waals surface area (Å²) in [4.78, 5) is 12.1. The van der Waals surface area contributed by atoms with E-state index in [9.17, 15) is 4.79 Å². The van der Waals surface area contributed by atoms with Gasteiger partial charge < -0.3 is 4.74 Å². The zero-order valence-electron chi connectivity index (χ0n) is 11.6. The predicted octanol–water partition coefficient (Wildman–Crippen LogP) is 3.88. The molecule has 0 atom stereocenters. The number of carbonyl (C=O) groups excluding carboxylic acids is 1. The van der Waals surface area contributed by atoms with Crippen molar-refractivity contribution in [3.63, 3.8) is 0 Å².